The Morgan fingerprint density at radius 2 is 1.96 bits per heavy atom. The first kappa shape index (κ1) is 24.5. The number of ether oxygens (including phenoxy) is 3. The first-order valence-electron chi connectivity index (χ1n) is 9.40. The molecule has 0 saturated carbocycles. The number of nitrogens with zero attached hydrogens (tertiary/aromatic N) is 2. The normalized spacial score (nSPS) is 15.9. The van der Waals surface area contributed by atoms with Crippen LogP contribution in [0.25, 0.3) is 0 Å². The zero-order valence-corrected chi connectivity index (χ0v) is 19.4. The fraction of sp³-hybridized carbons (Fsp3) is 0.550. The summed E-state index contributed by atoms with van der Waals surface area (Å²) < 4.78 is 16.4. The zero-order valence-electron chi connectivity index (χ0n) is 17.1. The van der Waals surface area contributed by atoms with Gasteiger partial charge < -0.3 is 24.8 Å². The van der Waals surface area contributed by atoms with Crippen LogP contribution in [0.1, 0.15) is 18.5 Å². The molecule has 1 atom stereocenters. The van der Waals surface area contributed by atoms with Gasteiger partial charge in [0, 0.05) is 26.2 Å². The van der Waals surface area contributed by atoms with Crippen molar-refractivity contribution in [3.05, 3.63) is 36.4 Å². The number of benzene rings is 1. The van der Waals surface area contributed by atoms with E-state index in [9.17, 15) is 0 Å². The monoisotopic (exact) mass is 504 g/mol. The van der Waals surface area contributed by atoms with Gasteiger partial charge in [-0.25, -0.2) is 0 Å². The molecule has 0 radical (unpaired) electrons. The maximum absolute atomic E-state index is 5.53. The van der Waals surface area contributed by atoms with Crippen LogP contribution in [0, 0.1) is 0 Å². The molecule has 1 aromatic carbocycles. The molecule has 1 saturated heterocycles. The van der Waals surface area contributed by atoms with Crippen molar-refractivity contribution in [2.45, 2.75) is 13.0 Å². The van der Waals surface area contributed by atoms with Crippen LogP contribution in [-0.4, -0.2) is 71.0 Å². The molecule has 0 aromatic heterocycles. The van der Waals surface area contributed by atoms with Gasteiger partial charge in [-0.1, -0.05) is 12.1 Å². The molecular weight excluding hydrogens is 471 g/mol. The van der Waals surface area contributed by atoms with Crippen LogP contribution in [0.2, 0.25) is 0 Å². The van der Waals surface area contributed by atoms with E-state index in [0.717, 1.165) is 55.9 Å². The van der Waals surface area contributed by atoms with E-state index < -0.39 is 0 Å². The average molecular weight is 504 g/mol. The minimum absolute atomic E-state index is 0. The van der Waals surface area contributed by atoms with Gasteiger partial charge >= 0.3 is 0 Å². The first-order chi connectivity index (χ1) is 13.2. The zero-order chi connectivity index (χ0) is 19.5. The molecule has 2 rings (SSSR count). The molecule has 158 valence electrons. The molecule has 1 aliphatic heterocycles. The van der Waals surface area contributed by atoms with Gasteiger partial charge in [0.15, 0.2) is 17.5 Å². The Morgan fingerprint density at radius 3 is 2.57 bits per heavy atom. The van der Waals surface area contributed by atoms with Crippen LogP contribution in [0.4, 0.5) is 0 Å². The largest absolute Gasteiger partial charge is 0.493 e. The minimum atomic E-state index is 0. The number of halogens is 1. The second-order valence-corrected chi connectivity index (χ2v) is 6.17. The number of aliphatic imine (C=N–C) groups is 1. The Labute approximate surface area is 185 Å². The summed E-state index contributed by atoms with van der Waals surface area (Å²) in [6, 6.07) is 6.21. The molecule has 1 fully saturated rings. The van der Waals surface area contributed by atoms with Crippen LogP contribution in [0.3, 0.4) is 0 Å². The lowest BCUT2D eigenvalue weighted by molar-refractivity contribution is 0.0179. The lowest BCUT2D eigenvalue weighted by Crippen LogP contribution is -2.41. The van der Waals surface area contributed by atoms with Crippen LogP contribution in [0.15, 0.2) is 35.8 Å². The van der Waals surface area contributed by atoms with Crippen molar-refractivity contribution in [3.8, 4) is 11.5 Å². The fourth-order valence-corrected chi connectivity index (χ4v) is 3.07. The molecule has 8 heteroatoms. The molecule has 2 N–H and O–H groups in total. The third kappa shape index (κ3) is 7.14. The van der Waals surface area contributed by atoms with Gasteiger partial charge in [0.05, 0.1) is 40.0 Å². The van der Waals surface area contributed by atoms with Gasteiger partial charge in [0.1, 0.15) is 0 Å². The second-order valence-electron chi connectivity index (χ2n) is 6.17. The molecule has 1 aromatic rings. The standard InChI is InChI=1S/C20H32N4O3.HI/c1-5-9-22-20(21-6-2)23-15-17(24-10-12-27-13-11-24)16-7-8-18(25-3)19(14-16)26-4;/h5,7-8,14,17H,1,6,9-13,15H2,2-4H3,(H2,21,22,23);1H. The molecule has 1 heterocycles. The summed E-state index contributed by atoms with van der Waals surface area (Å²) in [6.07, 6.45) is 1.82. The van der Waals surface area contributed by atoms with Crippen LogP contribution >= 0.6 is 24.0 Å². The van der Waals surface area contributed by atoms with Crippen LogP contribution in [0.5, 0.6) is 11.5 Å². The fourth-order valence-electron chi connectivity index (χ4n) is 3.07. The molecular formula is C20H33IN4O3. The summed E-state index contributed by atoms with van der Waals surface area (Å²) in [5.74, 6) is 2.25. The Hall–Kier alpha value is -1.52. The second kappa shape index (κ2) is 13.6. The number of rotatable bonds is 9. The number of methoxy groups -OCH3 is 2. The average Bonchev–Trinajstić information content (AvgIpc) is 2.72. The van der Waals surface area contributed by atoms with E-state index in [0.29, 0.717) is 13.1 Å². The maximum Gasteiger partial charge on any atom is 0.191 e. The number of guanidine groups is 1. The Kier molecular flexibility index (Phi) is 11.9. The Balaban J connectivity index is 0.00000392. The molecule has 0 aliphatic carbocycles. The Morgan fingerprint density at radius 1 is 1.25 bits per heavy atom. The van der Waals surface area contributed by atoms with Crippen molar-refractivity contribution in [2.24, 2.45) is 4.99 Å². The third-order valence-electron chi connectivity index (χ3n) is 4.46. The number of hydrogen-bond acceptors (Lipinski definition) is 5. The van der Waals surface area contributed by atoms with E-state index in [2.05, 4.69) is 35.1 Å². The summed E-state index contributed by atoms with van der Waals surface area (Å²) in [7, 11) is 3.31. The maximum atomic E-state index is 5.53. The van der Waals surface area contributed by atoms with Crippen molar-refractivity contribution >= 4 is 29.9 Å². The van der Waals surface area contributed by atoms with Gasteiger partial charge in [-0.05, 0) is 24.6 Å². The van der Waals surface area contributed by atoms with E-state index in [4.69, 9.17) is 19.2 Å². The van der Waals surface area contributed by atoms with E-state index in [1.165, 1.54) is 0 Å². The summed E-state index contributed by atoms with van der Waals surface area (Å²) in [5.41, 5.74) is 1.15. The van der Waals surface area contributed by atoms with Crippen LogP contribution < -0.4 is 20.1 Å². The number of hydrogen-bond donors (Lipinski definition) is 2. The molecule has 1 aliphatic rings. The summed E-state index contributed by atoms with van der Waals surface area (Å²) >= 11 is 0. The molecule has 7 nitrogen and oxygen atoms in total. The highest BCUT2D eigenvalue weighted by molar-refractivity contribution is 14.0. The van der Waals surface area contributed by atoms with E-state index in [-0.39, 0.29) is 30.0 Å². The molecule has 1 unspecified atom stereocenters. The molecule has 28 heavy (non-hydrogen) atoms. The quantitative estimate of drug-likeness (QED) is 0.233. The SMILES string of the molecule is C=CCNC(=NCC(c1ccc(OC)c(OC)c1)N1CCOCC1)NCC.I. The highest BCUT2D eigenvalue weighted by atomic mass is 127. The lowest BCUT2D eigenvalue weighted by Gasteiger charge is -2.34. The van der Waals surface area contributed by atoms with Crippen LogP contribution in [-0.2, 0) is 4.74 Å². The molecule has 0 bridgehead atoms. The van der Waals surface area contributed by atoms with Crippen molar-refractivity contribution < 1.29 is 14.2 Å². The third-order valence-corrected chi connectivity index (χ3v) is 4.46. The van der Waals surface area contributed by atoms with Gasteiger partial charge in [0.2, 0.25) is 0 Å². The number of nitrogens with one attached hydrogen (secondary N) is 2. The van der Waals surface area contributed by atoms with Crippen molar-refractivity contribution in [1.29, 1.82) is 0 Å². The highest BCUT2D eigenvalue weighted by Gasteiger charge is 2.23. The highest BCUT2D eigenvalue weighted by Crippen LogP contribution is 2.32. The topological polar surface area (TPSA) is 67.4 Å². The minimum Gasteiger partial charge on any atom is -0.493 e. The van der Waals surface area contributed by atoms with Gasteiger partial charge in [-0.2, -0.15) is 0 Å². The summed E-state index contributed by atoms with van der Waals surface area (Å²) in [6.45, 7) is 11.1. The van der Waals surface area contributed by atoms with Gasteiger partial charge in [0.25, 0.3) is 0 Å². The van der Waals surface area contributed by atoms with E-state index in [1.807, 2.05) is 18.2 Å². The van der Waals surface area contributed by atoms with Crippen molar-refractivity contribution in [3.63, 3.8) is 0 Å². The lowest BCUT2D eigenvalue weighted by atomic mass is 10.0. The summed E-state index contributed by atoms with van der Waals surface area (Å²) in [5, 5.41) is 6.53. The molecule has 0 amide bonds. The smallest absolute Gasteiger partial charge is 0.191 e. The van der Waals surface area contributed by atoms with E-state index >= 15 is 0 Å². The molecule has 0 spiro atoms. The van der Waals surface area contributed by atoms with Crippen molar-refractivity contribution in [1.82, 2.24) is 15.5 Å². The van der Waals surface area contributed by atoms with E-state index in [1.54, 1.807) is 14.2 Å². The van der Waals surface area contributed by atoms with Gasteiger partial charge in [-0.3, -0.25) is 9.89 Å². The Bertz CT molecular complexity index is 621. The van der Waals surface area contributed by atoms with Crippen molar-refractivity contribution in [2.75, 3.05) is 60.2 Å². The van der Waals surface area contributed by atoms with Gasteiger partial charge in [-0.15, -0.1) is 30.6 Å². The predicted molar refractivity (Wildman–Crippen MR) is 124 cm³/mol. The first-order valence-corrected chi connectivity index (χ1v) is 9.40. The summed E-state index contributed by atoms with van der Waals surface area (Å²) in [4.78, 5) is 7.20. The number of morpholine rings is 1. The predicted octanol–water partition coefficient (Wildman–Crippen LogP) is 2.44.